The lowest BCUT2D eigenvalue weighted by Gasteiger charge is -2.11. The summed E-state index contributed by atoms with van der Waals surface area (Å²) >= 11 is 0. The molecular formula is C18H15F2N3O3. The van der Waals surface area contributed by atoms with Gasteiger partial charge in [0.15, 0.2) is 0 Å². The Morgan fingerprint density at radius 2 is 1.96 bits per heavy atom. The number of anilines is 2. The van der Waals surface area contributed by atoms with Crippen LogP contribution in [0.15, 0.2) is 47.6 Å². The molecule has 3 rings (SSSR count). The zero-order chi connectivity index (χ0) is 18.7. The number of hydrogen-bond acceptors (Lipinski definition) is 4. The first kappa shape index (κ1) is 17.5. The average Bonchev–Trinajstić information content (AvgIpc) is 3.07. The SMILES string of the molecule is CC(=O)Nc1ccc(F)c(NC(=O)C2CC(c3cccc(F)c3)=NO2)c1. The van der Waals surface area contributed by atoms with Crippen LogP contribution < -0.4 is 10.6 Å². The zero-order valence-electron chi connectivity index (χ0n) is 13.8. The normalized spacial score (nSPS) is 15.8. The van der Waals surface area contributed by atoms with Crippen LogP contribution in [0, 0.1) is 11.6 Å². The second-order valence-corrected chi connectivity index (χ2v) is 5.71. The molecule has 0 bridgehead atoms. The number of benzene rings is 2. The molecular weight excluding hydrogens is 344 g/mol. The standard InChI is InChI=1S/C18H15F2N3O3/c1-10(24)21-13-5-6-14(20)16(8-13)22-18(25)17-9-15(23-26-17)11-3-2-4-12(19)7-11/h2-8,17H,9H2,1H3,(H,21,24)(H,22,25). The van der Waals surface area contributed by atoms with Crippen molar-refractivity contribution in [2.24, 2.45) is 5.16 Å². The third-order valence-corrected chi connectivity index (χ3v) is 3.66. The van der Waals surface area contributed by atoms with Gasteiger partial charge in [0.1, 0.15) is 11.6 Å². The van der Waals surface area contributed by atoms with Crippen molar-refractivity contribution in [2.75, 3.05) is 10.6 Å². The first-order valence-corrected chi connectivity index (χ1v) is 7.79. The number of nitrogens with zero attached hydrogens (tertiary/aromatic N) is 1. The molecule has 2 amide bonds. The first-order valence-electron chi connectivity index (χ1n) is 7.79. The monoisotopic (exact) mass is 359 g/mol. The second kappa shape index (κ2) is 7.30. The quantitative estimate of drug-likeness (QED) is 0.881. The fourth-order valence-electron chi connectivity index (χ4n) is 2.47. The highest BCUT2D eigenvalue weighted by molar-refractivity contribution is 6.06. The molecule has 0 spiro atoms. The molecule has 134 valence electrons. The molecule has 0 saturated heterocycles. The van der Waals surface area contributed by atoms with Crippen LogP contribution in [0.25, 0.3) is 0 Å². The van der Waals surface area contributed by atoms with Crippen LogP contribution >= 0.6 is 0 Å². The van der Waals surface area contributed by atoms with Crippen LogP contribution in [0.5, 0.6) is 0 Å². The van der Waals surface area contributed by atoms with Crippen molar-refractivity contribution >= 4 is 28.9 Å². The lowest BCUT2D eigenvalue weighted by molar-refractivity contribution is -0.125. The fourth-order valence-corrected chi connectivity index (χ4v) is 2.47. The van der Waals surface area contributed by atoms with Gasteiger partial charge in [-0.3, -0.25) is 9.59 Å². The van der Waals surface area contributed by atoms with Gasteiger partial charge in [0.25, 0.3) is 5.91 Å². The predicted octanol–water partition coefficient (Wildman–Crippen LogP) is 3.05. The van der Waals surface area contributed by atoms with E-state index in [0.29, 0.717) is 17.0 Å². The molecule has 2 N–H and O–H groups in total. The number of rotatable bonds is 4. The Kier molecular flexibility index (Phi) is 4.92. The molecule has 1 unspecified atom stereocenters. The third kappa shape index (κ3) is 4.02. The highest BCUT2D eigenvalue weighted by atomic mass is 19.1. The second-order valence-electron chi connectivity index (χ2n) is 5.71. The summed E-state index contributed by atoms with van der Waals surface area (Å²) in [5.74, 6) is -1.99. The molecule has 0 radical (unpaired) electrons. The van der Waals surface area contributed by atoms with Gasteiger partial charge in [-0.05, 0) is 30.3 Å². The zero-order valence-corrected chi connectivity index (χ0v) is 13.8. The lowest BCUT2D eigenvalue weighted by Crippen LogP contribution is -2.28. The van der Waals surface area contributed by atoms with Gasteiger partial charge < -0.3 is 15.5 Å². The van der Waals surface area contributed by atoms with Gasteiger partial charge in [0, 0.05) is 24.6 Å². The highest BCUT2D eigenvalue weighted by Crippen LogP contribution is 2.22. The van der Waals surface area contributed by atoms with Gasteiger partial charge in [0.05, 0.1) is 11.4 Å². The molecule has 26 heavy (non-hydrogen) atoms. The van der Waals surface area contributed by atoms with Gasteiger partial charge in [-0.15, -0.1) is 0 Å². The summed E-state index contributed by atoms with van der Waals surface area (Å²) in [6.45, 7) is 1.32. The van der Waals surface area contributed by atoms with E-state index < -0.39 is 23.6 Å². The van der Waals surface area contributed by atoms with Crippen molar-refractivity contribution in [3.63, 3.8) is 0 Å². The molecule has 2 aromatic carbocycles. The summed E-state index contributed by atoms with van der Waals surface area (Å²) in [5, 5.41) is 8.72. The largest absolute Gasteiger partial charge is 0.382 e. The van der Waals surface area contributed by atoms with Crippen molar-refractivity contribution in [3.8, 4) is 0 Å². The number of hydrogen-bond donors (Lipinski definition) is 2. The van der Waals surface area contributed by atoms with Crippen molar-refractivity contribution in [1.29, 1.82) is 0 Å². The Bertz CT molecular complexity index is 899. The van der Waals surface area contributed by atoms with Crippen LogP contribution in [0.4, 0.5) is 20.2 Å². The molecule has 0 aromatic heterocycles. The fraction of sp³-hybridized carbons (Fsp3) is 0.167. The molecule has 0 saturated carbocycles. The van der Waals surface area contributed by atoms with Crippen LogP contribution in [-0.4, -0.2) is 23.6 Å². The summed E-state index contributed by atoms with van der Waals surface area (Å²) in [6.07, 6.45) is -0.834. The minimum absolute atomic E-state index is 0.0935. The minimum Gasteiger partial charge on any atom is -0.382 e. The average molecular weight is 359 g/mol. The Morgan fingerprint density at radius 3 is 2.69 bits per heavy atom. The van der Waals surface area contributed by atoms with Crippen LogP contribution in [0.1, 0.15) is 18.9 Å². The van der Waals surface area contributed by atoms with Gasteiger partial charge in [-0.2, -0.15) is 0 Å². The van der Waals surface area contributed by atoms with E-state index in [9.17, 15) is 18.4 Å². The van der Waals surface area contributed by atoms with Crippen molar-refractivity contribution < 1.29 is 23.2 Å². The van der Waals surface area contributed by atoms with Gasteiger partial charge in [-0.1, -0.05) is 17.3 Å². The van der Waals surface area contributed by atoms with E-state index in [2.05, 4.69) is 15.8 Å². The molecule has 8 heteroatoms. The number of oxime groups is 1. The molecule has 1 aliphatic heterocycles. The van der Waals surface area contributed by atoms with Crippen LogP contribution in [0.2, 0.25) is 0 Å². The van der Waals surface area contributed by atoms with Crippen molar-refractivity contribution in [1.82, 2.24) is 0 Å². The van der Waals surface area contributed by atoms with Crippen LogP contribution in [0.3, 0.4) is 0 Å². The summed E-state index contributed by atoms with van der Waals surface area (Å²) in [5.41, 5.74) is 1.19. The van der Waals surface area contributed by atoms with E-state index in [1.807, 2.05) is 0 Å². The number of halogens is 2. The number of amides is 2. The van der Waals surface area contributed by atoms with E-state index in [1.54, 1.807) is 6.07 Å². The van der Waals surface area contributed by atoms with E-state index >= 15 is 0 Å². The number of nitrogens with one attached hydrogen (secondary N) is 2. The molecule has 1 aliphatic rings. The number of carbonyl (C=O) groups is 2. The van der Waals surface area contributed by atoms with E-state index in [4.69, 9.17) is 4.84 Å². The molecule has 1 atom stereocenters. The molecule has 2 aromatic rings. The Balaban J connectivity index is 1.67. The smallest absolute Gasteiger partial charge is 0.268 e. The van der Waals surface area contributed by atoms with Gasteiger partial charge >= 0.3 is 0 Å². The van der Waals surface area contributed by atoms with Crippen LogP contribution in [-0.2, 0) is 14.4 Å². The van der Waals surface area contributed by atoms with Crippen molar-refractivity contribution in [3.05, 3.63) is 59.7 Å². The molecule has 0 aliphatic carbocycles. The maximum absolute atomic E-state index is 13.9. The molecule has 1 heterocycles. The summed E-state index contributed by atoms with van der Waals surface area (Å²) < 4.78 is 27.2. The Labute approximate surface area is 147 Å². The number of carbonyl (C=O) groups excluding carboxylic acids is 2. The lowest BCUT2D eigenvalue weighted by atomic mass is 10.0. The highest BCUT2D eigenvalue weighted by Gasteiger charge is 2.29. The maximum atomic E-state index is 13.9. The van der Waals surface area contributed by atoms with Crippen molar-refractivity contribution in [2.45, 2.75) is 19.4 Å². The summed E-state index contributed by atoms with van der Waals surface area (Å²) in [4.78, 5) is 28.5. The summed E-state index contributed by atoms with van der Waals surface area (Å²) in [6, 6.07) is 9.59. The van der Waals surface area contributed by atoms with Gasteiger partial charge in [0.2, 0.25) is 12.0 Å². The summed E-state index contributed by atoms with van der Waals surface area (Å²) in [7, 11) is 0. The van der Waals surface area contributed by atoms with E-state index in [0.717, 1.165) is 6.07 Å². The Morgan fingerprint density at radius 1 is 1.15 bits per heavy atom. The maximum Gasteiger partial charge on any atom is 0.268 e. The Hall–Kier alpha value is -3.29. The van der Waals surface area contributed by atoms with E-state index in [1.165, 1.54) is 37.3 Å². The topological polar surface area (TPSA) is 79.8 Å². The van der Waals surface area contributed by atoms with Gasteiger partial charge in [-0.25, -0.2) is 8.78 Å². The minimum atomic E-state index is -0.961. The molecule has 6 nitrogen and oxygen atoms in total. The first-order chi connectivity index (χ1) is 12.4. The third-order valence-electron chi connectivity index (χ3n) is 3.66. The predicted molar refractivity (Wildman–Crippen MR) is 91.8 cm³/mol. The molecule has 0 fully saturated rings. The van der Waals surface area contributed by atoms with E-state index in [-0.39, 0.29) is 18.0 Å².